The zero-order valence-corrected chi connectivity index (χ0v) is 20.9. The number of carbonyl (C=O) groups is 1. The molecule has 2 aliphatic rings. The Kier molecular flexibility index (Phi) is 6.72. The summed E-state index contributed by atoms with van der Waals surface area (Å²) >= 11 is 0. The van der Waals surface area contributed by atoms with Crippen LogP contribution in [0.15, 0.2) is 42.9 Å². The van der Waals surface area contributed by atoms with Crippen molar-refractivity contribution < 1.29 is 23.0 Å². The van der Waals surface area contributed by atoms with Crippen LogP contribution in [0, 0.1) is 0 Å². The second-order valence-electron chi connectivity index (χ2n) is 9.48. The molecule has 2 N–H and O–H groups in total. The number of halogens is 2. The van der Waals surface area contributed by atoms with E-state index in [1.807, 2.05) is 18.3 Å². The molecule has 3 aromatic rings. The lowest BCUT2D eigenvalue weighted by Gasteiger charge is -2.16. The molecule has 37 heavy (non-hydrogen) atoms. The Morgan fingerprint density at radius 1 is 1.19 bits per heavy atom. The summed E-state index contributed by atoms with van der Waals surface area (Å²) in [5, 5.41) is 0.727. The van der Waals surface area contributed by atoms with E-state index in [0.29, 0.717) is 49.1 Å². The second kappa shape index (κ2) is 9.97. The van der Waals surface area contributed by atoms with E-state index in [-0.39, 0.29) is 24.9 Å². The molecular weight excluding hydrogens is 482 g/mol. The van der Waals surface area contributed by atoms with Crippen LogP contribution >= 0.6 is 0 Å². The molecule has 9 nitrogen and oxygen atoms in total. The number of amides is 1. The number of fused-ring (bicyclic) bond motifs is 1. The summed E-state index contributed by atoms with van der Waals surface area (Å²) in [7, 11) is 3.19. The molecule has 196 valence electrons. The number of rotatable bonds is 7. The standard InChI is InChI=1S/C26H30F2N6O3/c1-36-19-10-17(11-20(12-19)37-2)21-14-34(25-23(21)24(29)30-16-31-25)18-5-8-33(13-18)22(35)4-3-7-32-9-6-26(27,28)15-32/h3-4,10-12,14,16,18H,5-9,13,15H2,1-2H3,(H2,29,30,31)/b4-3+/t18-/m0/s1. The fourth-order valence-electron chi connectivity index (χ4n) is 5.11. The zero-order chi connectivity index (χ0) is 26.2. The molecule has 0 spiro atoms. The Hall–Kier alpha value is -3.73. The maximum atomic E-state index is 13.4. The number of anilines is 1. The van der Waals surface area contributed by atoms with E-state index < -0.39 is 5.92 Å². The Morgan fingerprint density at radius 3 is 2.62 bits per heavy atom. The maximum absolute atomic E-state index is 13.4. The van der Waals surface area contributed by atoms with E-state index in [9.17, 15) is 13.6 Å². The van der Waals surface area contributed by atoms with Gasteiger partial charge in [0.15, 0.2) is 0 Å². The third kappa shape index (κ3) is 5.08. The highest BCUT2D eigenvalue weighted by atomic mass is 19.3. The summed E-state index contributed by atoms with van der Waals surface area (Å²) in [6, 6.07) is 5.60. The van der Waals surface area contributed by atoms with Gasteiger partial charge in [0.2, 0.25) is 5.91 Å². The Morgan fingerprint density at radius 2 is 1.95 bits per heavy atom. The van der Waals surface area contributed by atoms with E-state index in [1.165, 1.54) is 12.4 Å². The van der Waals surface area contributed by atoms with Gasteiger partial charge < -0.3 is 24.7 Å². The molecule has 2 aromatic heterocycles. The van der Waals surface area contributed by atoms with Gasteiger partial charge in [-0.3, -0.25) is 9.69 Å². The first-order valence-electron chi connectivity index (χ1n) is 12.2. The quantitative estimate of drug-likeness (QED) is 0.485. The number of hydrogen-bond donors (Lipinski definition) is 1. The molecule has 2 aliphatic heterocycles. The smallest absolute Gasteiger partial charge is 0.261 e. The van der Waals surface area contributed by atoms with Crippen LogP contribution in [0.25, 0.3) is 22.2 Å². The van der Waals surface area contributed by atoms with E-state index in [0.717, 1.165) is 22.9 Å². The first-order valence-corrected chi connectivity index (χ1v) is 12.2. The largest absolute Gasteiger partial charge is 0.497 e. The van der Waals surface area contributed by atoms with Gasteiger partial charge in [-0.15, -0.1) is 0 Å². The van der Waals surface area contributed by atoms with Crippen LogP contribution in [0.2, 0.25) is 0 Å². The Bertz CT molecular complexity index is 1320. The predicted octanol–water partition coefficient (Wildman–Crippen LogP) is 3.37. The monoisotopic (exact) mass is 512 g/mol. The van der Waals surface area contributed by atoms with Gasteiger partial charge in [-0.2, -0.15) is 0 Å². The number of nitrogen functional groups attached to an aromatic ring is 1. The lowest BCUT2D eigenvalue weighted by molar-refractivity contribution is -0.125. The molecule has 1 aromatic carbocycles. The fourth-order valence-corrected chi connectivity index (χ4v) is 5.11. The van der Waals surface area contributed by atoms with E-state index in [2.05, 4.69) is 14.5 Å². The lowest BCUT2D eigenvalue weighted by Crippen LogP contribution is -2.28. The molecule has 2 fully saturated rings. The average Bonchev–Trinajstić information content (AvgIpc) is 3.60. The minimum atomic E-state index is -2.64. The van der Waals surface area contributed by atoms with Gasteiger partial charge in [0.05, 0.1) is 32.2 Å². The van der Waals surface area contributed by atoms with Crippen molar-refractivity contribution in [1.29, 1.82) is 0 Å². The number of likely N-dealkylation sites (tertiary alicyclic amines) is 2. The summed E-state index contributed by atoms with van der Waals surface area (Å²) < 4.78 is 39.7. The normalized spacial score (nSPS) is 19.8. The molecule has 0 aliphatic carbocycles. The third-order valence-electron chi connectivity index (χ3n) is 7.04. The number of methoxy groups -OCH3 is 2. The SMILES string of the molecule is COc1cc(OC)cc(-c2cn([C@H]3CCN(C(=O)/C=C/CN4CCC(F)(F)C4)C3)c3ncnc(N)c23)c1. The van der Waals surface area contributed by atoms with Crippen molar-refractivity contribution in [1.82, 2.24) is 24.3 Å². The molecular formula is C26H30F2N6O3. The van der Waals surface area contributed by atoms with E-state index in [1.54, 1.807) is 36.2 Å². The highest BCUT2D eigenvalue weighted by Crippen LogP contribution is 2.39. The molecule has 4 heterocycles. The number of aromatic nitrogens is 3. The molecule has 0 radical (unpaired) electrons. The minimum absolute atomic E-state index is 0.00678. The van der Waals surface area contributed by atoms with Crippen LogP contribution in [0.3, 0.4) is 0 Å². The molecule has 5 rings (SSSR count). The van der Waals surface area contributed by atoms with Crippen LogP contribution in [-0.4, -0.2) is 83.1 Å². The fraction of sp³-hybridized carbons (Fsp3) is 0.423. The van der Waals surface area contributed by atoms with Gasteiger partial charge in [0.25, 0.3) is 5.92 Å². The third-order valence-corrected chi connectivity index (χ3v) is 7.04. The molecule has 0 saturated carbocycles. The minimum Gasteiger partial charge on any atom is -0.497 e. The van der Waals surface area contributed by atoms with E-state index in [4.69, 9.17) is 15.2 Å². The molecule has 1 atom stereocenters. The molecule has 1 amide bonds. The van der Waals surface area contributed by atoms with Crippen LogP contribution < -0.4 is 15.2 Å². The van der Waals surface area contributed by atoms with Gasteiger partial charge >= 0.3 is 0 Å². The van der Waals surface area contributed by atoms with Gasteiger partial charge in [0, 0.05) is 56.5 Å². The van der Waals surface area contributed by atoms with Crippen molar-refractivity contribution in [2.75, 3.05) is 52.7 Å². The van der Waals surface area contributed by atoms with Crippen molar-refractivity contribution in [3.8, 4) is 22.6 Å². The Labute approximate surface area is 213 Å². The summed E-state index contributed by atoms with van der Waals surface area (Å²) in [6.07, 6.45) is 7.20. The summed E-state index contributed by atoms with van der Waals surface area (Å²) in [4.78, 5) is 24.9. The highest BCUT2D eigenvalue weighted by Gasteiger charge is 2.37. The topological polar surface area (TPSA) is 98.7 Å². The van der Waals surface area contributed by atoms with Crippen molar-refractivity contribution >= 4 is 22.8 Å². The van der Waals surface area contributed by atoms with Crippen molar-refractivity contribution in [2.24, 2.45) is 0 Å². The molecule has 2 saturated heterocycles. The summed E-state index contributed by atoms with van der Waals surface area (Å²) in [6.45, 7) is 1.50. The van der Waals surface area contributed by atoms with Gasteiger partial charge in [-0.25, -0.2) is 18.7 Å². The van der Waals surface area contributed by atoms with Gasteiger partial charge in [0.1, 0.15) is 29.3 Å². The number of nitrogens with two attached hydrogens (primary N) is 1. The highest BCUT2D eigenvalue weighted by molar-refractivity contribution is 6.01. The van der Waals surface area contributed by atoms with E-state index >= 15 is 0 Å². The summed E-state index contributed by atoms with van der Waals surface area (Å²) in [5.41, 5.74) is 8.68. The number of alkyl halides is 2. The first kappa shape index (κ1) is 24.9. The number of nitrogens with zero attached hydrogens (tertiary/aromatic N) is 5. The first-order chi connectivity index (χ1) is 17.8. The van der Waals surface area contributed by atoms with Crippen LogP contribution in [-0.2, 0) is 4.79 Å². The lowest BCUT2D eigenvalue weighted by atomic mass is 10.1. The van der Waals surface area contributed by atoms with Crippen LogP contribution in [0.1, 0.15) is 18.9 Å². The number of carbonyl (C=O) groups excluding carboxylic acids is 1. The van der Waals surface area contributed by atoms with Crippen LogP contribution in [0.5, 0.6) is 11.5 Å². The zero-order valence-electron chi connectivity index (χ0n) is 20.9. The average molecular weight is 513 g/mol. The van der Waals surface area contributed by atoms with Crippen molar-refractivity contribution in [3.05, 3.63) is 42.9 Å². The number of benzene rings is 1. The second-order valence-corrected chi connectivity index (χ2v) is 9.48. The molecule has 0 unspecified atom stereocenters. The van der Waals surface area contributed by atoms with Crippen LogP contribution in [0.4, 0.5) is 14.6 Å². The predicted molar refractivity (Wildman–Crippen MR) is 136 cm³/mol. The molecule has 0 bridgehead atoms. The number of hydrogen-bond acceptors (Lipinski definition) is 7. The molecule has 11 heteroatoms. The van der Waals surface area contributed by atoms with Gasteiger partial charge in [-0.1, -0.05) is 6.08 Å². The number of ether oxygens (including phenoxy) is 2. The van der Waals surface area contributed by atoms with Gasteiger partial charge in [-0.05, 0) is 24.1 Å². The summed E-state index contributed by atoms with van der Waals surface area (Å²) in [5.74, 6) is -1.11. The maximum Gasteiger partial charge on any atom is 0.261 e. The van der Waals surface area contributed by atoms with Crippen molar-refractivity contribution in [2.45, 2.75) is 24.8 Å². The Balaban J connectivity index is 1.37. The van der Waals surface area contributed by atoms with Crippen molar-refractivity contribution in [3.63, 3.8) is 0 Å².